The van der Waals surface area contributed by atoms with Gasteiger partial charge in [0.2, 0.25) is 0 Å². The number of halogens is 1. The van der Waals surface area contributed by atoms with Gasteiger partial charge in [-0.3, -0.25) is 10.1 Å². The lowest BCUT2D eigenvalue weighted by molar-refractivity contribution is -0.385. The van der Waals surface area contributed by atoms with Crippen molar-refractivity contribution in [2.24, 2.45) is 10.2 Å². The summed E-state index contributed by atoms with van der Waals surface area (Å²) in [4.78, 5) is 24.5. The minimum Gasteiger partial charge on any atom is -0.493 e. The summed E-state index contributed by atoms with van der Waals surface area (Å²) in [6, 6.07) is 6.02. The van der Waals surface area contributed by atoms with Crippen molar-refractivity contribution in [2.75, 3.05) is 13.7 Å². The molecule has 11 heteroatoms. The third-order valence-electron chi connectivity index (χ3n) is 3.00. The Balaban J connectivity index is 2.10. The van der Waals surface area contributed by atoms with Crippen molar-refractivity contribution in [3.05, 3.63) is 50.6 Å². The normalized spacial score (nSPS) is 10.7. The molecule has 0 unspecified atom stereocenters. The average Bonchev–Trinajstić information content (AvgIpc) is 2.60. The number of nitro groups is 1. The first kappa shape index (κ1) is 19.2. The van der Waals surface area contributed by atoms with Crippen molar-refractivity contribution in [1.82, 2.24) is 4.98 Å². The van der Waals surface area contributed by atoms with Crippen LogP contribution in [0.15, 0.2) is 45.2 Å². The number of aliphatic carboxylic acids is 1. The lowest BCUT2D eigenvalue weighted by atomic mass is 10.2. The Morgan fingerprint density at radius 2 is 2.19 bits per heavy atom. The molecule has 0 bridgehead atoms. The topological polar surface area (TPSA) is 137 Å². The zero-order valence-corrected chi connectivity index (χ0v) is 15.0. The highest BCUT2D eigenvalue weighted by Gasteiger charge is 2.13. The minimum atomic E-state index is -1.10. The molecule has 1 aromatic heterocycles. The van der Waals surface area contributed by atoms with E-state index >= 15 is 0 Å². The van der Waals surface area contributed by atoms with Crippen molar-refractivity contribution in [1.29, 1.82) is 0 Å². The lowest BCUT2D eigenvalue weighted by Crippen LogP contribution is -2.10. The van der Waals surface area contributed by atoms with E-state index in [4.69, 9.17) is 14.6 Å². The van der Waals surface area contributed by atoms with Gasteiger partial charge in [-0.05, 0) is 39.7 Å². The standard InChI is InChI=1S/C15H13BrN4O6/c1-25-12-5-9(4-11(16)15(12)26-8-14(21)22)6-18-19-13-3-2-10(7-17-13)20(23)24/h2-5,7H,6,8H2,1H3,(H,21,22). The van der Waals surface area contributed by atoms with Crippen LogP contribution in [0.1, 0.15) is 5.56 Å². The molecule has 2 aromatic rings. The zero-order valence-electron chi connectivity index (χ0n) is 13.5. The highest BCUT2D eigenvalue weighted by atomic mass is 79.9. The molecular weight excluding hydrogens is 412 g/mol. The van der Waals surface area contributed by atoms with Crippen LogP contribution in [-0.4, -0.2) is 34.7 Å². The van der Waals surface area contributed by atoms with E-state index in [2.05, 4.69) is 31.1 Å². The van der Waals surface area contributed by atoms with Crippen LogP contribution in [0.2, 0.25) is 0 Å². The smallest absolute Gasteiger partial charge is 0.341 e. The summed E-state index contributed by atoms with van der Waals surface area (Å²) in [6.07, 6.45) is 1.10. The van der Waals surface area contributed by atoms with Crippen molar-refractivity contribution in [3.8, 4) is 11.5 Å². The van der Waals surface area contributed by atoms with E-state index in [0.717, 1.165) is 11.8 Å². The fraction of sp³-hybridized carbons (Fsp3) is 0.200. The van der Waals surface area contributed by atoms with E-state index < -0.39 is 17.5 Å². The summed E-state index contributed by atoms with van der Waals surface area (Å²) < 4.78 is 10.9. The monoisotopic (exact) mass is 424 g/mol. The first-order valence-corrected chi connectivity index (χ1v) is 7.89. The third-order valence-corrected chi connectivity index (χ3v) is 3.59. The van der Waals surface area contributed by atoms with E-state index in [1.165, 1.54) is 19.2 Å². The molecule has 10 nitrogen and oxygen atoms in total. The van der Waals surface area contributed by atoms with Crippen LogP contribution in [0.3, 0.4) is 0 Å². The molecule has 1 N–H and O–H groups in total. The fourth-order valence-electron chi connectivity index (χ4n) is 1.87. The molecule has 1 aromatic carbocycles. The number of nitrogens with zero attached hydrogens (tertiary/aromatic N) is 4. The predicted octanol–water partition coefficient (Wildman–Crippen LogP) is 3.51. The molecule has 0 spiro atoms. The second-order valence-electron chi connectivity index (χ2n) is 4.82. The van der Waals surface area contributed by atoms with Gasteiger partial charge in [0.25, 0.3) is 5.69 Å². The molecule has 0 aliphatic carbocycles. The van der Waals surface area contributed by atoms with Gasteiger partial charge in [0.15, 0.2) is 23.9 Å². The number of carboxylic acids is 1. The van der Waals surface area contributed by atoms with Crippen molar-refractivity contribution >= 4 is 33.4 Å². The number of aromatic nitrogens is 1. The minimum absolute atomic E-state index is 0.130. The van der Waals surface area contributed by atoms with Gasteiger partial charge >= 0.3 is 5.97 Å². The number of rotatable bonds is 8. The Labute approximate surface area is 155 Å². The van der Waals surface area contributed by atoms with Gasteiger partial charge in [-0.1, -0.05) is 0 Å². The number of methoxy groups -OCH3 is 1. The van der Waals surface area contributed by atoms with Crippen molar-refractivity contribution in [3.63, 3.8) is 0 Å². The molecule has 0 amide bonds. The summed E-state index contributed by atoms with van der Waals surface area (Å²) in [5.74, 6) is -0.248. The third kappa shape index (κ3) is 5.21. The lowest BCUT2D eigenvalue weighted by Gasteiger charge is -2.12. The van der Waals surface area contributed by atoms with Gasteiger partial charge in [0.05, 0.1) is 23.1 Å². The van der Waals surface area contributed by atoms with Gasteiger partial charge < -0.3 is 14.6 Å². The number of azo groups is 1. The van der Waals surface area contributed by atoms with Gasteiger partial charge in [-0.2, -0.15) is 5.11 Å². The molecule has 136 valence electrons. The summed E-state index contributed by atoms with van der Waals surface area (Å²) in [5.41, 5.74) is 0.594. The van der Waals surface area contributed by atoms with Gasteiger partial charge in [-0.25, -0.2) is 9.78 Å². The molecule has 2 rings (SSSR count). The Morgan fingerprint density at radius 3 is 2.77 bits per heavy atom. The number of hydrogen-bond donors (Lipinski definition) is 1. The molecule has 1 heterocycles. The Hall–Kier alpha value is -3.08. The van der Waals surface area contributed by atoms with Gasteiger partial charge in [-0.15, -0.1) is 5.11 Å². The van der Waals surface area contributed by atoms with E-state index in [1.807, 2.05) is 0 Å². The summed E-state index contributed by atoms with van der Waals surface area (Å²) in [7, 11) is 1.43. The maximum atomic E-state index is 10.6. The first-order chi connectivity index (χ1) is 12.4. The molecule has 0 atom stereocenters. The quantitative estimate of drug-likeness (QED) is 0.388. The van der Waals surface area contributed by atoms with Crippen LogP contribution in [0.4, 0.5) is 11.5 Å². The first-order valence-electron chi connectivity index (χ1n) is 7.09. The SMILES string of the molecule is COc1cc(CN=Nc2ccc([N+](=O)[O-])cn2)cc(Br)c1OCC(=O)O. The van der Waals surface area contributed by atoms with Crippen LogP contribution in [0.25, 0.3) is 0 Å². The molecule has 0 aliphatic heterocycles. The average molecular weight is 425 g/mol. The molecule has 0 aliphatic rings. The van der Waals surface area contributed by atoms with E-state index in [0.29, 0.717) is 10.2 Å². The Morgan fingerprint density at radius 1 is 1.42 bits per heavy atom. The van der Waals surface area contributed by atoms with Crippen LogP contribution < -0.4 is 9.47 Å². The van der Waals surface area contributed by atoms with Crippen LogP contribution in [0, 0.1) is 10.1 Å². The maximum absolute atomic E-state index is 10.6. The maximum Gasteiger partial charge on any atom is 0.341 e. The van der Waals surface area contributed by atoms with Crippen molar-refractivity contribution < 1.29 is 24.3 Å². The molecule has 0 radical (unpaired) electrons. The second kappa shape index (κ2) is 8.85. The molecule has 0 saturated carbocycles. The number of pyridine rings is 1. The molecule has 26 heavy (non-hydrogen) atoms. The van der Waals surface area contributed by atoms with Crippen LogP contribution in [-0.2, 0) is 11.3 Å². The van der Waals surface area contributed by atoms with E-state index in [1.54, 1.807) is 12.1 Å². The van der Waals surface area contributed by atoms with Crippen LogP contribution >= 0.6 is 15.9 Å². The van der Waals surface area contributed by atoms with E-state index in [9.17, 15) is 14.9 Å². The Kier molecular flexibility index (Phi) is 6.55. The summed E-state index contributed by atoms with van der Waals surface area (Å²) >= 11 is 3.30. The molecule has 0 fully saturated rings. The molecule has 0 saturated heterocycles. The van der Waals surface area contributed by atoms with Crippen LogP contribution in [0.5, 0.6) is 11.5 Å². The molecular formula is C15H13BrN4O6. The summed E-state index contributed by atoms with van der Waals surface area (Å²) in [6.45, 7) is -0.313. The number of carbonyl (C=O) groups is 1. The zero-order chi connectivity index (χ0) is 19.1. The number of benzene rings is 1. The highest BCUT2D eigenvalue weighted by molar-refractivity contribution is 9.10. The Bertz CT molecular complexity index is 841. The predicted molar refractivity (Wildman–Crippen MR) is 92.9 cm³/mol. The summed E-state index contributed by atoms with van der Waals surface area (Å²) in [5, 5.41) is 27.2. The number of ether oxygens (including phenoxy) is 2. The number of hydrogen-bond acceptors (Lipinski definition) is 8. The second-order valence-corrected chi connectivity index (χ2v) is 5.68. The van der Waals surface area contributed by atoms with E-state index in [-0.39, 0.29) is 23.8 Å². The fourth-order valence-corrected chi connectivity index (χ4v) is 2.48. The van der Waals surface area contributed by atoms with Crippen molar-refractivity contribution in [2.45, 2.75) is 6.54 Å². The number of carboxylic acid groups (broad SMARTS) is 1. The highest BCUT2D eigenvalue weighted by Crippen LogP contribution is 2.37. The van der Waals surface area contributed by atoms with Gasteiger partial charge in [0, 0.05) is 6.07 Å². The largest absolute Gasteiger partial charge is 0.493 e. The van der Waals surface area contributed by atoms with Gasteiger partial charge in [0.1, 0.15) is 6.20 Å².